The highest BCUT2D eigenvalue weighted by atomic mass is 16.3. The lowest BCUT2D eigenvalue weighted by Crippen LogP contribution is -2.19. The summed E-state index contributed by atoms with van der Waals surface area (Å²) in [4.78, 5) is 6.13. The van der Waals surface area contributed by atoms with Crippen molar-refractivity contribution in [2.24, 2.45) is 4.99 Å². The quantitative estimate of drug-likeness (QED) is 0.732. The number of allylic oxidation sites excluding steroid dienone is 1. The first-order valence-corrected chi connectivity index (χ1v) is 4.51. The fourth-order valence-electron chi connectivity index (χ4n) is 1.46. The number of hydrogen-bond donors (Lipinski definition) is 1. The molecule has 0 fully saturated rings. The zero-order valence-electron chi connectivity index (χ0n) is 8.01. The Hall–Kier alpha value is -1.77. The molecule has 0 bridgehead atoms. The van der Waals surface area contributed by atoms with E-state index in [0.29, 0.717) is 12.4 Å². The van der Waals surface area contributed by atoms with E-state index < -0.39 is 0 Å². The molecule has 1 aliphatic rings. The van der Waals surface area contributed by atoms with Crippen LogP contribution in [0.3, 0.4) is 0 Å². The van der Waals surface area contributed by atoms with Gasteiger partial charge in [-0.05, 0) is 25.1 Å². The van der Waals surface area contributed by atoms with Crippen LogP contribution in [0.5, 0.6) is 5.75 Å². The van der Waals surface area contributed by atoms with Gasteiger partial charge in [-0.3, -0.25) is 4.99 Å². The van der Waals surface area contributed by atoms with Gasteiger partial charge >= 0.3 is 0 Å². The molecule has 1 aromatic rings. The van der Waals surface area contributed by atoms with E-state index >= 15 is 0 Å². The van der Waals surface area contributed by atoms with Crippen molar-refractivity contribution < 1.29 is 5.11 Å². The average molecular weight is 188 g/mol. The van der Waals surface area contributed by atoms with Crippen molar-refractivity contribution in [2.75, 3.05) is 11.6 Å². The molecule has 1 heterocycles. The first kappa shape index (κ1) is 8.81. The Balaban J connectivity index is 2.36. The van der Waals surface area contributed by atoms with E-state index in [9.17, 15) is 5.11 Å². The zero-order valence-corrected chi connectivity index (χ0v) is 8.01. The number of aromatic hydroxyl groups is 1. The van der Waals surface area contributed by atoms with Crippen molar-refractivity contribution in [3.8, 4) is 5.75 Å². The van der Waals surface area contributed by atoms with E-state index in [-0.39, 0.29) is 0 Å². The number of nitrogens with zero attached hydrogens (tertiary/aromatic N) is 2. The van der Waals surface area contributed by atoms with Crippen LogP contribution in [0.1, 0.15) is 5.56 Å². The van der Waals surface area contributed by atoms with Crippen LogP contribution >= 0.6 is 0 Å². The van der Waals surface area contributed by atoms with Gasteiger partial charge < -0.3 is 10.0 Å². The number of phenolic OH excluding ortho intramolecular Hbond substituents is 1. The fraction of sp³-hybridized carbons (Fsp3) is 0.182. The SMILES string of the molecule is Cc1c(O)cccc1N1C=CC=NC1. The highest BCUT2D eigenvalue weighted by Crippen LogP contribution is 2.27. The Morgan fingerprint density at radius 1 is 1.43 bits per heavy atom. The first-order valence-electron chi connectivity index (χ1n) is 4.51. The maximum Gasteiger partial charge on any atom is 0.120 e. The van der Waals surface area contributed by atoms with Crippen molar-refractivity contribution in [3.63, 3.8) is 0 Å². The number of anilines is 1. The Bertz CT molecular complexity index is 396. The van der Waals surface area contributed by atoms with Gasteiger partial charge in [0.25, 0.3) is 0 Å². The molecule has 72 valence electrons. The molecule has 3 nitrogen and oxygen atoms in total. The van der Waals surface area contributed by atoms with Crippen LogP contribution in [0.2, 0.25) is 0 Å². The molecule has 0 saturated carbocycles. The van der Waals surface area contributed by atoms with Crippen molar-refractivity contribution in [2.45, 2.75) is 6.92 Å². The van der Waals surface area contributed by atoms with Crippen LogP contribution in [0, 0.1) is 6.92 Å². The molecule has 1 N–H and O–H groups in total. The monoisotopic (exact) mass is 188 g/mol. The molecule has 0 amide bonds. The molecular weight excluding hydrogens is 176 g/mol. The van der Waals surface area contributed by atoms with Crippen LogP contribution in [0.15, 0.2) is 35.5 Å². The van der Waals surface area contributed by atoms with E-state index in [2.05, 4.69) is 4.99 Å². The van der Waals surface area contributed by atoms with Crippen LogP contribution in [-0.4, -0.2) is 18.0 Å². The van der Waals surface area contributed by atoms with Crippen LogP contribution in [-0.2, 0) is 0 Å². The molecule has 0 aliphatic carbocycles. The predicted octanol–water partition coefficient (Wildman–Crippen LogP) is 2.06. The van der Waals surface area contributed by atoms with Gasteiger partial charge in [-0.1, -0.05) is 6.07 Å². The third-order valence-corrected chi connectivity index (χ3v) is 2.28. The number of phenols is 1. The Labute approximate surface area is 83.0 Å². The molecule has 14 heavy (non-hydrogen) atoms. The summed E-state index contributed by atoms with van der Waals surface area (Å²) in [5, 5.41) is 9.54. The smallest absolute Gasteiger partial charge is 0.120 e. The lowest BCUT2D eigenvalue weighted by atomic mass is 10.1. The Morgan fingerprint density at radius 3 is 3.00 bits per heavy atom. The van der Waals surface area contributed by atoms with E-state index in [4.69, 9.17) is 0 Å². The third-order valence-electron chi connectivity index (χ3n) is 2.28. The summed E-state index contributed by atoms with van der Waals surface area (Å²) >= 11 is 0. The van der Waals surface area contributed by atoms with Gasteiger partial charge in [-0.15, -0.1) is 0 Å². The van der Waals surface area contributed by atoms with Gasteiger partial charge in [0.05, 0.1) is 0 Å². The minimum atomic E-state index is 0.324. The molecule has 3 heteroatoms. The van der Waals surface area contributed by atoms with Gasteiger partial charge in [0.15, 0.2) is 0 Å². The lowest BCUT2D eigenvalue weighted by molar-refractivity contribution is 0.471. The summed E-state index contributed by atoms with van der Waals surface area (Å²) < 4.78 is 0. The molecule has 0 radical (unpaired) electrons. The number of hydrogen-bond acceptors (Lipinski definition) is 3. The fourth-order valence-corrected chi connectivity index (χ4v) is 1.46. The summed E-state index contributed by atoms with van der Waals surface area (Å²) in [6.07, 6.45) is 5.61. The summed E-state index contributed by atoms with van der Waals surface area (Å²) in [7, 11) is 0. The van der Waals surface area contributed by atoms with Crippen molar-refractivity contribution >= 4 is 11.9 Å². The minimum Gasteiger partial charge on any atom is -0.508 e. The summed E-state index contributed by atoms with van der Waals surface area (Å²) in [5.74, 6) is 0.324. The Morgan fingerprint density at radius 2 is 2.29 bits per heavy atom. The third kappa shape index (κ3) is 1.48. The van der Waals surface area contributed by atoms with Gasteiger partial charge in [0, 0.05) is 23.7 Å². The molecular formula is C11H12N2O. The summed E-state index contributed by atoms with van der Waals surface area (Å²) in [6, 6.07) is 5.50. The Kier molecular flexibility index (Phi) is 2.23. The van der Waals surface area contributed by atoms with Crippen molar-refractivity contribution in [1.82, 2.24) is 0 Å². The van der Waals surface area contributed by atoms with E-state index in [1.54, 1.807) is 12.3 Å². The highest BCUT2D eigenvalue weighted by Gasteiger charge is 2.08. The van der Waals surface area contributed by atoms with Gasteiger partial charge in [0.2, 0.25) is 0 Å². The van der Waals surface area contributed by atoms with Gasteiger partial charge in [0.1, 0.15) is 12.4 Å². The zero-order chi connectivity index (χ0) is 9.97. The standard InChI is InChI=1S/C11H12N2O/c1-9-10(4-2-5-11(9)14)13-7-3-6-12-8-13/h2-7,14H,8H2,1H3. The molecule has 0 unspecified atom stereocenters. The largest absolute Gasteiger partial charge is 0.508 e. The van der Waals surface area contributed by atoms with E-state index in [1.807, 2.05) is 36.2 Å². The van der Waals surface area contributed by atoms with Crippen LogP contribution < -0.4 is 4.90 Å². The maximum absolute atomic E-state index is 9.54. The van der Waals surface area contributed by atoms with Crippen molar-refractivity contribution in [1.29, 1.82) is 0 Å². The normalized spacial score (nSPS) is 14.8. The number of aliphatic imine (C=N–C) groups is 1. The second-order valence-corrected chi connectivity index (χ2v) is 3.21. The minimum absolute atomic E-state index is 0.324. The summed E-state index contributed by atoms with van der Waals surface area (Å²) in [6.45, 7) is 2.51. The maximum atomic E-state index is 9.54. The van der Waals surface area contributed by atoms with E-state index in [1.165, 1.54) is 0 Å². The second kappa shape index (κ2) is 3.54. The first-order chi connectivity index (χ1) is 6.79. The highest BCUT2D eigenvalue weighted by molar-refractivity contribution is 5.74. The topological polar surface area (TPSA) is 35.8 Å². The number of rotatable bonds is 1. The second-order valence-electron chi connectivity index (χ2n) is 3.21. The van der Waals surface area contributed by atoms with E-state index in [0.717, 1.165) is 11.3 Å². The van der Waals surface area contributed by atoms with Gasteiger partial charge in [-0.25, -0.2) is 0 Å². The molecule has 1 aromatic carbocycles. The molecule has 2 rings (SSSR count). The summed E-state index contributed by atoms with van der Waals surface area (Å²) in [5.41, 5.74) is 1.88. The molecule has 0 atom stereocenters. The van der Waals surface area contributed by atoms with Crippen LogP contribution in [0.25, 0.3) is 0 Å². The molecule has 0 aromatic heterocycles. The molecule has 0 saturated heterocycles. The number of benzene rings is 1. The lowest BCUT2D eigenvalue weighted by Gasteiger charge is -2.22. The molecule has 0 spiro atoms. The molecule has 1 aliphatic heterocycles. The average Bonchev–Trinajstić information content (AvgIpc) is 2.23. The van der Waals surface area contributed by atoms with Crippen LogP contribution in [0.4, 0.5) is 5.69 Å². The van der Waals surface area contributed by atoms with Crippen molar-refractivity contribution in [3.05, 3.63) is 36.0 Å². The van der Waals surface area contributed by atoms with Gasteiger partial charge in [-0.2, -0.15) is 0 Å². The predicted molar refractivity (Wildman–Crippen MR) is 57.8 cm³/mol.